The number of carbonyl (C=O) groups is 1. The predicted molar refractivity (Wildman–Crippen MR) is 69.1 cm³/mol. The van der Waals surface area contributed by atoms with Crippen molar-refractivity contribution in [3.8, 4) is 5.75 Å². The summed E-state index contributed by atoms with van der Waals surface area (Å²) in [5.41, 5.74) is 0.595. The molecule has 0 N–H and O–H groups in total. The van der Waals surface area contributed by atoms with Crippen LogP contribution in [0.5, 0.6) is 5.75 Å². The Morgan fingerprint density at radius 2 is 2.25 bits per heavy atom. The van der Waals surface area contributed by atoms with E-state index in [0.717, 1.165) is 23.6 Å². The van der Waals surface area contributed by atoms with Crippen molar-refractivity contribution in [2.45, 2.75) is 26.7 Å². The Morgan fingerprint density at radius 3 is 2.88 bits per heavy atom. The topological polar surface area (TPSA) is 26.3 Å². The maximum absolute atomic E-state index is 10.8. The van der Waals surface area contributed by atoms with Crippen molar-refractivity contribution < 1.29 is 9.53 Å². The van der Waals surface area contributed by atoms with Crippen molar-refractivity contribution in [1.29, 1.82) is 0 Å². The number of aldehydes is 1. The third-order valence-electron chi connectivity index (χ3n) is 2.40. The molecule has 88 valence electrons. The molecule has 0 aliphatic rings. The van der Waals surface area contributed by atoms with Gasteiger partial charge in [0.1, 0.15) is 5.75 Å². The first kappa shape index (κ1) is 13.2. The molecule has 0 aliphatic carbocycles. The van der Waals surface area contributed by atoms with Crippen LogP contribution in [0.15, 0.2) is 22.7 Å². The quantitative estimate of drug-likeness (QED) is 0.736. The number of halogens is 1. The van der Waals surface area contributed by atoms with Gasteiger partial charge >= 0.3 is 0 Å². The van der Waals surface area contributed by atoms with Crippen molar-refractivity contribution in [1.82, 2.24) is 0 Å². The van der Waals surface area contributed by atoms with Gasteiger partial charge in [0.2, 0.25) is 0 Å². The largest absolute Gasteiger partial charge is 0.493 e. The number of hydrogen-bond acceptors (Lipinski definition) is 2. The highest BCUT2D eigenvalue weighted by Crippen LogP contribution is 2.22. The Hall–Kier alpha value is -0.830. The van der Waals surface area contributed by atoms with Crippen LogP contribution < -0.4 is 4.74 Å². The number of benzene rings is 1. The number of carbonyl (C=O) groups excluding carboxylic acids is 1. The summed E-state index contributed by atoms with van der Waals surface area (Å²) in [6.07, 6.45) is 3.13. The molecule has 0 aliphatic heterocycles. The highest BCUT2D eigenvalue weighted by molar-refractivity contribution is 9.10. The number of hydrogen-bond donors (Lipinski definition) is 0. The molecule has 0 aromatic heterocycles. The van der Waals surface area contributed by atoms with Gasteiger partial charge in [0.25, 0.3) is 0 Å². The molecule has 0 bridgehead atoms. The molecule has 1 aromatic carbocycles. The van der Waals surface area contributed by atoms with E-state index in [1.54, 1.807) is 6.07 Å². The highest BCUT2D eigenvalue weighted by Gasteiger charge is 2.06. The average molecular weight is 285 g/mol. The second-order valence-corrected chi connectivity index (χ2v) is 4.92. The van der Waals surface area contributed by atoms with Crippen molar-refractivity contribution in [3.63, 3.8) is 0 Å². The molecule has 0 unspecified atom stereocenters. The van der Waals surface area contributed by atoms with E-state index in [9.17, 15) is 4.79 Å². The predicted octanol–water partition coefficient (Wildman–Crippen LogP) is 4.08. The van der Waals surface area contributed by atoms with Crippen LogP contribution in [0.4, 0.5) is 0 Å². The summed E-state index contributed by atoms with van der Waals surface area (Å²) >= 11 is 3.33. The zero-order chi connectivity index (χ0) is 12.0. The normalized spacial score (nSPS) is 12.2. The molecule has 1 atom stereocenters. The van der Waals surface area contributed by atoms with Crippen LogP contribution in [0, 0.1) is 5.92 Å². The summed E-state index contributed by atoms with van der Waals surface area (Å²) in [5.74, 6) is 1.19. The lowest BCUT2D eigenvalue weighted by molar-refractivity contribution is 0.111. The fourth-order valence-electron chi connectivity index (χ4n) is 1.55. The van der Waals surface area contributed by atoms with Crippen LogP contribution in [0.3, 0.4) is 0 Å². The smallest absolute Gasteiger partial charge is 0.153 e. The minimum absolute atomic E-state index is 0.521. The third kappa shape index (κ3) is 3.97. The Balaban J connectivity index is 2.62. The fourth-order valence-corrected chi connectivity index (χ4v) is 1.93. The van der Waals surface area contributed by atoms with Crippen LogP contribution in [-0.4, -0.2) is 12.9 Å². The molecule has 1 rings (SSSR count). The van der Waals surface area contributed by atoms with Crippen LogP contribution in [0.25, 0.3) is 0 Å². The second-order valence-electron chi connectivity index (χ2n) is 4.00. The number of ether oxygens (including phenoxy) is 1. The Bertz CT molecular complexity index is 350. The number of rotatable bonds is 6. The molecule has 0 radical (unpaired) electrons. The van der Waals surface area contributed by atoms with Crippen molar-refractivity contribution in [3.05, 3.63) is 28.2 Å². The molecule has 16 heavy (non-hydrogen) atoms. The summed E-state index contributed by atoms with van der Waals surface area (Å²) in [6.45, 7) is 4.98. The molecule has 0 spiro atoms. The van der Waals surface area contributed by atoms with Gasteiger partial charge in [-0.15, -0.1) is 0 Å². The molecule has 0 amide bonds. The van der Waals surface area contributed by atoms with E-state index in [1.807, 2.05) is 12.1 Å². The zero-order valence-corrected chi connectivity index (χ0v) is 11.3. The molecule has 1 aromatic rings. The van der Waals surface area contributed by atoms with E-state index in [-0.39, 0.29) is 0 Å². The van der Waals surface area contributed by atoms with Gasteiger partial charge in [0.15, 0.2) is 6.29 Å². The summed E-state index contributed by atoms with van der Waals surface area (Å²) < 4.78 is 6.54. The fraction of sp³-hybridized carbons (Fsp3) is 0.462. The van der Waals surface area contributed by atoms with E-state index in [4.69, 9.17) is 4.74 Å². The van der Waals surface area contributed by atoms with E-state index >= 15 is 0 Å². The van der Waals surface area contributed by atoms with Crippen molar-refractivity contribution in [2.24, 2.45) is 5.92 Å². The van der Waals surface area contributed by atoms with Crippen LogP contribution >= 0.6 is 15.9 Å². The first-order valence-electron chi connectivity index (χ1n) is 5.55. The molecule has 0 heterocycles. The summed E-state index contributed by atoms with van der Waals surface area (Å²) in [4.78, 5) is 10.8. The van der Waals surface area contributed by atoms with Crippen molar-refractivity contribution >= 4 is 22.2 Å². The van der Waals surface area contributed by atoms with Crippen LogP contribution in [0.2, 0.25) is 0 Å². The van der Waals surface area contributed by atoms with Gasteiger partial charge < -0.3 is 4.74 Å². The first-order valence-corrected chi connectivity index (χ1v) is 6.34. The summed E-state index contributed by atoms with van der Waals surface area (Å²) in [5, 5.41) is 0. The summed E-state index contributed by atoms with van der Waals surface area (Å²) in [7, 11) is 0. The lowest BCUT2D eigenvalue weighted by Crippen LogP contribution is -2.09. The molecule has 0 saturated carbocycles. The van der Waals surface area contributed by atoms with Gasteiger partial charge in [-0.3, -0.25) is 4.79 Å². The molecule has 2 nitrogen and oxygen atoms in total. The van der Waals surface area contributed by atoms with Crippen LogP contribution in [-0.2, 0) is 0 Å². The van der Waals surface area contributed by atoms with Gasteiger partial charge in [-0.25, -0.2) is 0 Å². The van der Waals surface area contributed by atoms with Gasteiger partial charge in [0, 0.05) is 4.47 Å². The molecular formula is C13H17BrO2. The molecule has 0 fully saturated rings. The van der Waals surface area contributed by atoms with Gasteiger partial charge in [-0.1, -0.05) is 36.2 Å². The first-order chi connectivity index (χ1) is 7.67. The average Bonchev–Trinajstić information content (AvgIpc) is 2.27. The van der Waals surface area contributed by atoms with E-state index in [0.29, 0.717) is 23.8 Å². The minimum atomic E-state index is 0.521. The highest BCUT2D eigenvalue weighted by atomic mass is 79.9. The minimum Gasteiger partial charge on any atom is -0.493 e. The van der Waals surface area contributed by atoms with Gasteiger partial charge in [-0.2, -0.15) is 0 Å². The van der Waals surface area contributed by atoms with Crippen molar-refractivity contribution in [2.75, 3.05) is 6.61 Å². The molecule has 3 heteroatoms. The molecular weight excluding hydrogens is 268 g/mol. The summed E-state index contributed by atoms with van der Waals surface area (Å²) in [6, 6.07) is 5.48. The lowest BCUT2D eigenvalue weighted by atomic mass is 10.1. The van der Waals surface area contributed by atoms with E-state index in [2.05, 4.69) is 29.8 Å². The van der Waals surface area contributed by atoms with E-state index in [1.165, 1.54) is 0 Å². The van der Waals surface area contributed by atoms with Gasteiger partial charge in [0.05, 0.1) is 12.2 Å². The zero-order valence-electron chi connectivity index (χ0n) is 9.70. The van der Waals surface area contributed by atoms with Gasteiger partial charge in [-0.05, 0) is 30.5 Å². The maximum Gasteiger partial charge on any atom is 0.153 e. The monoisotopic (exact) mass is 284 g/mol. The SMILES string of the molecule is CCC[C@@H](C)COc1ccc(Br)cc1C=O. The second kappa shape index (κ2) is 6.69. The van der Waals surface area contributed by atoms with Crippen LogP contribution in [0.1, 0.15) is 37.0 Å². The third-order valence-corrected chi connectivity index (χ3v) is 2.90. The standard InChI is InChI=1S/C13H17BrO2/c1-3-4-10(2)9-16-13-6-5-12(14)7-11(13)8-15/h5-8,10H,3-4,9H2,1-2H3/t10-/m1/s1. The molecule has 0 saturated heterocycles. The lowest BCUT2D eigenvalue weighted by Gasteiger charge is -2.13. The van der Waals surface area contributed by atoms with E-state index < -0.39 is 0 Å². The Labute approximate surface area is 105 Å². The Morgan fingerprint density at radius 1 is 1.50 bits per heavy atom. The Kier molecular flexibility index (Phi) is 5.53. The maximum atomic E-state index is 10.8.